The van der Waals surface area contributed by atoms with Crippen LogP contribution in [0.3, 0.4) is 0 Å². The highest BCUT2D eigenvalue weighted by molar-refractivity contribution is 5.78. The number of fused-ring (bicyclic) bond motifs is 1. The van der Waals surface area contributed by atoms with Crippen LogP contribution in [0.2, 0.25) is 0 Å². The Morgan fingerprint density at radius 3 is 2.81 bits per heavy atom. The van der Waals surface area contributed by atoms with Crippen molar-refractivity contribution in [1.82, 2.24) is 4.98 Å². The smallest absolute Gasteiger partial charge is 0.0705 e. The lowest BCUT2D eigenvalue weighted by Crippen LogP contribution is -2.22. The third-order valence-corrected chi connectivity index (χ3v) is 2.79. The van der Waals surface area contributed by atoms with Crippen molar-refractivity contribution in [3.05, 3.63) is 42.1 Å². The molecule has 0 spiro atoms. The highest BCUT2D eigenvalue weighted by Gasteiger charge is 2.04. The van der Waals surface area contributed by atoms with E-state index in [2.05, 4.69) is 30.1 Å². The van der Waals surface area contributed by atoms with E-state index in [4.69, 9.17) is 5.73 Å². The SMILES string of the molecule is CCCC(N)Cc1ccc2ccccc2n1. The molecular formula is C14H18N2. The average Bonchev–Trinajstić information content (AvgIpc) is 2.29. The fourth-order valence-electron chi connectivity index (χ4n) is 1.96. The van der Waals surface area contributed by atoms with E-state index in [0.717, 1.165) is 30.5 Å². The van der Waals surface area contributed by atoms with Crippen LogP contribution in [0.4, 0.5) is 0 Å². The Labute approximate surface area is 96.5 Å². The van der Waals surface area contributed by atoms with Gasteiger partial charge < -0.3 is 5.73 Å². The Morgan fingerprint density at radius 1 is 1.19 bits per heavy atom. The molecule has 1 aromatic heterocycles. The van der Waals surface area contributed by atoms with Crippen molar-refractivity contribution in [2.75, 3.05) is 0 Å². The molecular weight excluding hydrogens is 196 g/mol. The van der Waals surface area contributed by atoms with Crippen molar-refractivity contribution in [2.24, 2.45) is 5.73 Å². The van der Waals surface area contributed by atoms with Crippen LogP contribution < -0.4 is 5.73 Å². The maximum absolute atomic E-state index is 6.02. The molecule has 2 nitrogen and oxygen atoms in total. The van der Waals surface area contributed by atoms with E-state index in [0.29, 0.717) is 0 Å². The first-order chi connectivity index (χ1) is 7.79. The van der Waals surface area contributed by atoms with Gasteiger partial charge in [-0.2, -0.15) is 0 Å². The number of rotatable bonds is 4. The van der Waals surface area contributed by atoms with Crippen LogP contribution in [0.25, 0.3) is 10.9 Å². The molecule has 84 valence electrons. The van der Waals surface area contributed by atoms with Crippen LogP contribution in [0, 0.1) is 0 Å². The summed E-state index contributed by atoms with van der Waals surface area (Å²) in [5.74, 6) is 0. The number of aromatic nitrogens is 1. The molecule has 0 aliphatic carbocycles. The van der Waals surface area contributed by atoms with Crippen LogP contribution in [0.5, 0.6) is 0 Å². The Balaban J connectivity index is 2.19. The number of benzene rings is 1. The van der Waals surface area contributed by atoms with Gasteiger partial charge in [0.1, 0.15) is 0 Å². The van der Waals surface area contributed by atoms with Crippen LogP contribution in [-0.4, -0.2) is 11.0 Å². The average molecular weight is 214 g/mol. The maximum atomic E-state index is 6.02. The predicted octanol–water partition coefficient (Wildman–Crippen LogP) is 2.90. The number of nitrogens with zero attached hydrogens (tertiary/aromatic N) is 1. The van der Waals surface area contributed by atoms with E-state index in [1.54, 1.807) is 0 Å². The number of hydrogen-bond acceptors (Lipinski definition) is 2. The summed E-state index contributed by atoms with van der Waals surface area (Å²) in [6, 6.07) is 12.6. The van der Waals surface area contributed by atoms with Gasteiger partial charge in [0.25, 0.3) is 0 Å². The van der Waals surface area contributed by atoms with E-state index in [1.165, 1.54) is 5.39 Å². The summed E-state index contributed by atoms with van der Waals surface area (Å²) in [5, 5.41) is 1.19. The largest absolute Gasteiger partial charge is 0.327 e. The van der Waals surface area contributed by atoms with E-state index in [1.807, 2.05) is 18.2 Å². The summed E-state index contributed by atoms with van der Waals surface area (Å²) in [6.07, 6.45) is 3.07. The molecule has 0 aliphatic heterocycles. The second-order valence-electron chi connectivity index (χ2n) is 4.25. The lowest BCUT2D eigenvalue weighted by molar-refractivity contribution is 0.594. The quantitative estimate of drug-likeness (QED) is 0.850. The van der Waals surface area contributed by atoms with Crippen LogP contribution in [0.1, 0.15) is 25.5 Å². The van der Waals surface area contributed by atoms with Crippen LogP contribution >= 0.6 is 0 Å². The molecule has 1 aromatic carbocycles. The van der Waals surface area contributed by atoms with Crippen molar-refractivity contribution in [3.63, 3.8) is 0 Å². The molecule has 2 aromatic rings. The lowest BCUT2D eigenvalue weighted by Gasteiger charge is -2.09. The molecule has 0 radical (unpaired) electrons. The molecule has 0 saturated heterocycles. The number of nitrogens with two attached hydrogens (primary N) is 1. The second kappa shape index (κ2) is 5.08. The van der Waals surface area contributed by atoms with Gasteiger partial charge in [-0.25, -0.2) is 0 Å². The molecule has 1 atom stereocenters. The first-order valence-electron chi connectivity index (χ1n) is 5.90. The zero-order valence-electron chi connectivity index (χ0n) is 9.69. The highest BCUT2D eigenvalue weighted by atomic mass is 14.7. The van der Waals surface area contributed by atoms with Crippen LogP contribution in [-0.2, 0) is 6.42 Å². The van der Waals surface area contributed by atoms with E-state index >= 15 is 0 Å². The molecule has 2 rings (SSSR count). The lowest BCUT2D eigenvalue weighted by atomic mass is 10.1. The standard InChI is InChI=1S/C14H18N2/c1-2-5-12(15)10-13-9-8-11-6-3-4-7-14(11)16-13/h3-4,6-9,12H,2,5,10,15H2,1H3. The van der Waals surface area contributed by atoms with Crippen molar-refractivity contribution in [1.29, 1.82) is 0 Å². The second-order valence-corrected chi connectivity index (χ2v) is 4.25. The van der Waals surface area contributed by atoms with Gasteiger partial charge in [0.2, 0.25) is 0 Å². The first kappa shape index (κ1) is 11.1. The molecule has 0 amide bonds. The molecule has 2 heteroatoms. The fourth-order valence-corrected chi connectivity index (χ4v) is 1.96. The van der Waals surface area contributed by atoms with Gasteiger partial charge in [-0.15, -0.1) is 0 Å². The molecule has 0 fully saturated rings. The van der Waals surface area contributed by atoms with Crippen molar-refractivity contribution < 1.29 is 0 Å². The molecule has 0 bridgehead atoms. The van der Waals surface area contributed by atoms with Gasteiger partial charge in [-0.05, 0) is 18.6 Å². The Hall–Kier alpha value is -1.41. The zero-order valence-corrected chi connectivity index (χ0v) is 9.69. The maximum Gasteiger partial charge on any atom is 0.0705 e. The highest BCUT2D eigenvalue weighted by Crippen LogP contribution is 2.13. The van der Waals surface area contributed by atoms with E-state index < -0.39 is 0 Å². The van der Waals surface area contributed by atoms with E-state index in [9.17, 15) is 0 Å². The zero-order chi connectivity index (χ0) is 11.4. The van der Waals surface area contributed by atoms with Crippen LogP contribution in [0.15, 0.2) is 36.4 Å². The number of hydrogen-bond donors (Lipinski definition) is 1. The molecule has 16 heavy (non-hydrogen) atoms. The number of pyridine rings is 1. The predicted molar refractivity (Wildman–Crippen MR) is 68.3 cm³/mol. The van der Waals surface area contributed by atoms with E-state index in [-0.39, 0.29) is 6.04 Å². The molecule has 2 N–H and O–H groups in total. The first-order valence-corrected chi connectivity index (χ1v) is 5.90. The number of para-hydroxylation sites is 1. The molecule has 0 aliphatic rings. The van der Waals surface area contributed by atoms with Crippen molar-refractivity contribution in [2.45, 2.75) is 32.2 Å². The molecule has 1 heterocycles. The van der Waals surface area contributed by atoms with Crippen molar-refractivity contribution in [3.8, 4) is 0 Å². The van der Waals surface area contributed by atoms with Gasteiger partial charge in [0, 0.05) is 23.5 Å². The van der Waals surface area contributed by atoms with Crippen molar-refractivity contribution >= 4 is 10.9 Å². The third-order valence-electron chi connectivity index (χ3n) is 2.79. The van der Waals surface area contributed by atoms with Gasteiger partial charge in [0.05, 0.1) is 5.52 Å². The summed E-state index contributed by atoms with van der Waals surface area (Å²) in [4.78, 5) is 4.62. The molecule has 1 unspecified atom stereocenters. The fraction of sp³-hybridized carbons (Fsp3) is 0.357. The molecule has 0 saturated carbocycles. The minimum absolute atomic E-state index is 0.235. The monoisotopic (exact) mass is 214 g/mol. The summed E-state index contributed by atoms with van der Waals surface area (Å²) < 4.78 is 0. The summed E-state index contributed by atoms with van der Waals surface area (Å²) in [6.45, 7) is 2.16. The normalized spacial score (nSPS) is 12.9. The third kappa shape index (κ3) is 2.58. The minimum Gasteiger partial charge on any atom is -0.327 e. The Bertz CT molecular complexity index is 465. The summed E-state index contributed by atoms with van der Waals surface area (Å²) in [7, 11) is 0. The van der Waals surface area contributed by atoms with Gasteiger partial charge in [0.15, 0.2) is 0 Å². The van der Waals surface area contributed by atoms with Gasteiger partial charge in [-0.1, -0.05) is 37.6 Å². The van der Waals surface area contributed by atoms with Gasteiger partial charge >= 0.3 is 0 Å². The Morgan fingerprint density at radius 2 is 2.00 bits per heavy atom. The van der Waals surface area contributed by atoms with Gasteiger partial charge in [-0.3, -0.25) is 4.98 Å². The summed E-state index contributed by atoms with van der Waals surface area (Å²) >= 11 is 0. The minimum atomic E-state index is 0.235. The summed E-state index contributed by atoms with van der Waals surface area (Å²) in [5.41, 5.74) is 8.18. The topological polar surface area (TPSA) is 38.9 Å². The Kier molecular flexibility index (Phi) is 3.52.